The smallest absolute Gasteiger partial charge is 0.0735 e. The molecule has 0 aliphatic heterocycles. The average Bonchev–Trinajstić information content (AvgIpc) is 2.03. The molecular weight excluding hydrogens is 138 g/mol. The third-order valence-electron chi connectivity index (χ3n) is 1.48. The van der Waals surface area contributed by atoms with E-state index in [1.165, 1.54) is 0 Å². The van der Waals surface area contributed by atoms with E-state index in [9.17, 15) is 0 Å². The molecule has 0 unspecified atom stereocenters. The van der Waals surface area contributed by atoms with E-state index in [1.54, 1.807) is 0 Å². The largest absolute Gasteiger partial charge is 0.308 e. The molecule has 0 aromatic carbocycles. The lowest BCUT2D eigenvalue weighted by Crippen LogP contribution is -2.24. The second kappa shape index (κ2) is 5.89. The maximum absolute atomic E-state index is 7.42. The standard InChI is InChI=1S/C8H17N3/c1-4-6-11(10-3)7-8(9)5-2/h9H,3-7H2,1-2H3. The third kappa shape index (κ3) is 4.53. The van der Waals surface area contributed by atoms with Crippen molar-refractivity contribution in [3.8, 4) is 0 Å². The van der Waals surface area contributed by atoms with Gasteiger partial charge >= 0.3 is 0 Å². The molecule has 0 rings (SSSR count). The Hall–Kier alpha value is -0.860. The quantitative estimate of drug-likeness (QED) is 0.460. The number of rotatable bonds is 6. The fourth-order valence-electron chi connectivity index (χ4n) is 0.790. The monoisotopic (exact) mass is 155 g/mol. The normalized spacial score (nSPS) is 9.27. The van der Waals surface area contributed by atoms with Crippen LogP contribution in [0.4, 0.5) is 0 Å². The van der Waals surface area contributed by atoms with Gasteiger partial charge in [0.1, 0.15) is 0 Å². The van der Waals surface area contributed by atoms with Crippen LogP contribution in [0.15, 0.2) is 5.10 Å². The van der Waals surface area contributed by atoms with Crippen molar-refractivity contribution in [2.75, 3.05) is 13.1 Å². The molecule has 64 valence electrons. The molecule has 1 N–H and O–H groups in total. The molecule has 3 heteroatoms. The number of nitrogens with one attached hydrogen (secondary N) is 1. The van der Waals surface area contributed by atoms with Crippen LogP contribution in [0.3, 0.4) is 0 Å². The van der Waals surface area contributed by atoms with Crippen molar-refractivity contribution in [2.45, 2.75) is 26.7 Å². The summed E-state index contributed by atoms with van der Waals surface area (Å²) in [7, 11) is 0. The van der Waals surface area contributed by atoms with Gasteiger partial charge in [-0.3, -0.25) is 5.01 Å². The second-order valence-electron chi connectivity index (χ2n) is 2.49. The Kier molecular flexibility index (Phi) is 5.43. The van der Waals surface area contributed by atoms with Crippen molar-refractivity contribution < 1.29 is 0 Å². The van der Waals surface area contributed by atoms with Gasteiger partial charge in [0, 0.05) is 19.0 Å². The maximum Gasteiger partial charge on any atom is 0.0735 e. The fourth-order valence-corrected chi connectivity index (χ4v) is 0.790. The van der Waals surface area contributed by atoms with E-state index in [0.717, 1.165) is 19.4 Å². The van der Waals surface area contributed by atoms with Gasteiger partial charge in [-0.2, -0.15) is 5.10 Å². The summed E-state index contributed by atoms with van der Waals surface area (Å²) in [5, 5.41) is 13.1. The minimum Gasteiger partial charge on any atom is -0.308 e. The minimum absolute atomic E-state index is 0.633. The van der Waals surface area contributed by atoms with Gasteiger partial charge in [0.25, 0.3) is 0 Å². The molecule has 0 aromatic heterocycles. The van der Waals surface area contributed by atoms with Crippen molar-refractivity contribution in [2.24, 2.45) is 5.10 Å². The summed E-state index contributed by atoms with van der Waals surface area (Å²) in [4.78, 5) is 0. The summed E-state index contributed by atoms with van der Waals surface area (Å²) < 4.78 is 0. The zero-order chi connectivity index (χ0) is 8.69. The molecule has 0 spiro atoms. The summed E-state index contributed by atoms with van der Waals surface area (Å²) in [6.45, 7) is 9.05. The predicted molar refractivity (Wildman–Crippen MR) is 49.4 cm³/mol. The molecule has 0 heterocycles. The van der Waals surface area contributed by atoms with Gasteiger partial charge in [-0.15, -0.1) is 0 Å². The third-order valence-corrected chi connectivity index (χ3v) is 1.48. The highest BCUT2D eigenvalue weighted by Crippen LogP contribution is 1.93. The highest BCUT2D eigenvalue weighted by Gasteiger charge is 2.00. The lowest BCUT2D eigenvalue weighted by Gasteiger charge is -2.16. The zero-order valence-electron chi connectivity index (χ0n) is 7.43. The van der Waals surface area contributed by atoms with E-state index >= 15 is 0 Å². The first-order valence-electron chi connectivity index (χ1n) is 4.02. The van der Waals surface area contributed by atoms with Crippen molar-refractivity contribution in [3.63, 3.8) is 0 Å². The molecule has 0 amide bonds. The maximum atomic E-state index is 7.42. The van der Waals surface area contributed by atoms with Crippen LogP contribution in [0.5, 0.6) is 0 Å². The van der Waals surface area contributed by atoms with Crippen LogP contribution in [-0.4, -0.2) is 30.5 Å². The molecule has 0 bridgehead atoms. The van der Waals surface area contributed by atoms with Gasteiger partial charge in [-0.05, 0) is 12.8 Å². The summed E-state index contributed by atoms with van der Waals surface area (Å²) in [6, 6.07) is 0. The molecule has 0 aliphatic rings. The Morgan fingerprint density at radius 2 is 2.18 bits per heavy atom. The van der Waals surface area contributed by atoms with Crippen LogP contribution in [0.2, 0.25) is 0 Å². The number of nitrogens with zero attached hydrogens (tertiary/aromatic N) is 2. The van der Waals surface area contributed by atoms with Crippen molar-refractivity contribution in [3.05, 3.63) is 0 Å². The van der Waals surface area contributed by atoms with E-state index in [2.05, 4.69) is 18.7 Å². The molecule has 0 atom stereocenters. The molecule has 0 radical (unpaired) electrons. The molecule has 0 aromatic rings. The van der Waals surface area contributed by atoms with E-state index in [0.29, 0.717) is 12.3 Å². The van der Waals surface area contributed by atoms with E-state index in [-0.39, 0.29) is 0 Å². The Labute approximate surface area is 68.6 Å². The lowest BCUT2D eigenvalue weighted by molar-refractivity contribution is 0.331. The number of hydrogen-bond donors (Lipinski definition) is 1. The van der Waals surface area contributed by atoms with Gasteiger partial charge in [0.05, 0.1) is 6.54 Å². The Morgan fingerprint density at radius 1 is 1.55 bits per heavy atom. The van der Waals surface area contributed by atoms with E-state index < -0.39 is 0 Å². The zero-order valence-corrected chi connectivity index (χ0v) is 7.43. The van der Waals surface area contributed by atoms with Crippen LogP contribution >= 0.6 is 0 Å². The SMILES string of the molecule is C=NN(CCC)CC(=N)CC. The molecule has 3 nitrogen and oxygen atoms in total. The number of hydrazone groups is 1. The van der Waals surface area contributed by atoms with Crippen molar-refractivity contribution in [1.29, 1.82) is 5.41 Å². The van der Waals surface area contributed by atoms with Crippen LogP contribution in [0.25, 0.3) is 0 Å². The Morgan fingerprint density at radius 3 is 2.55 bits per heavy atom. The van der Waals surface area contributed by atoms with Gasteiger partial charge in [0.2, 0.25) is 0 Å². The highest BCUT2D eigenvalue weighted by molar-refractivity contribution is 5.82. The molecule has 0 saturated heterocycles. The van der Waals surface area contributed by atoms with Crippen molar-refractivity contribution in [1.82, 2.24) is 5.01 Å². The molecular formula is C8H17N3. The number of hydrogen-bond acceptors (Lipinski definition) is 3. The minimum atomic E-state index is 0.633. The molecule has 0 saturated carbocycles. The highest BCUT2D eigenvalue weighted by atomic mass is 15.4. The van der Waals surface area contributed by atoms with Crippen LogP contribution in [0.1, 0.15) is 26.7 Å². The Bertz CT molecular complexity index is 131. The summed E-state index contributed by atoms with van der Waals surface area (Å²) in [6.07, 6.45) is 1.85. The first-order valence-corrected chi connectivity index (χ1v) is 4.02. The fraction of sp³-hybridized carbons (Fsp3) is 0.750. The Balaban J connectivity index is 3.67. The first kappa shape index (κ1) is 10.1. The predicted octanol–water partition coefficient (Wildman–Crippen LogP) is 1.74. The van der Waals surface area contributed by atoms with Crippen LogP contribution < -0.4 is 0 Å². The van der Waals surface area contributed by atoms with E-state index in [4.69, 9.17) is 5.41 Å². The second-order valence-corrected chi connectivity index (χ2v) is 2.49. The first-order chi connectivity index (χ1) is 5.24. The lowest BCUT2D eigenvalue weighted by atomic mass is 10.3. The summed E-state index contributed by atoms with van der Waals surface area (Å²) >= 11 is 0. The van der Waals surface area contributed by atoms with Crippen molar-refractivity contribution >= 4 is 12.4 Å². The van der Waals surface area contributed by atoms with Gasteiger partial charge in [0.15, 0.2) is 0 Å². The molecule has 0 aliphatic carbocycles. The van der Waals surface area contributed by atoms with Crippen LogP contribution in [-0.2, 0) is 0 Å². The van der Waals surface area contributed by atoms with Gasteiger partial charge in [-0.1, -0.05) is 13.8 Å². The van der Waals surface area contributed by atoms with Gasteiger partial charge in [-0.25, -0.2) is 0 Å². The molecule has 0 fully saturated rings. The average molecular weight is 155 g/mol. The summed E-state index contributed by atoms with van der Waals surface area (Å²) in [5.41, 5.74) is 0.714. The topological polar surface area (TPSA) is 39.5 Å². The van der Waals surface area contributed by atoms with Crippen LogP contribution in [0, 0.1) is 5.41 Å². The molecule has 11 heavy (non-hydrogen) atoms. The van der Waals surface area contributed by atoms with E-state index in [1.807, 2.05) is 11.9 Å². The summed E-state index contributed by atoms with van der Waals surface area (Å²) in [5.74, 6) is 0. The van der Waals surface area contributed by atoms with Gasteiger partial charge < -0.3 is 5.41 Å².